The summed E-state index contributed by atoms with van der Waals surface area (Å²) in [5.41, 5.74) is 2.33. The van der Waals surface area contributed by atoms with Crippen molar-refractivity contribution in [3.63, 3.8) is 0 Å². The van der Waals surface area contributed by atoms with Gasteiger partial charge in [-0.05, 0) is 37.4 Å². The van der Waals surface area contributed by atoms with Gasteiger partial charge in [0.25, 0.3) is 5.91 Å². The lowest BCUT2D eigenvalue weighted by Gasteiger charge is -2.34. The third-order valence-corrected chi connectivity index (χ3v) is 6.23. The van der Waals surface area contributed by atoms with Gasteiger partial charge in [-0.2, -0.15) is 9.97 Å². The molecule has 2 aliphatic heterocycles. The van der Waals surface area contributed by atoms with Crippen LogP contribution in [-0.2, 0) is 4.74 Å². The minimum absolute atomic E-state index is 0.297. The number of pyridine rings is 1. The number of rotatable bonds is 3. The Balaban J connectivity index is 1.36. The van der Waals surface area contributed by atoms with Crippen LogP contribution in [0.5, 0.6) is 5.88 Å². The Morgan fingerprint density at radius 2 is 1.82 bits per heavy atom. The van der Waals surface area contributed by atoms with Gasteiger partial charge in [0.1, 0.15) is 23.8 Å². The largest absolute Gasteiger partial charge is 0.475 e. The second-order valence-electron chi connectivity index (χ2n) is 9.01. The van der Waals surface area contributed by atoms with Crippen LogP contribution < -0.4 is 25.6 Å². The van der Waals surface area contributed by atoms with E-state index < -0.39 is 0 Å². The van der Waals surface area contributed by atoms with Crippen LogP contribution in [0.3, 0.4) is 0 Å². The van der Waals surface area contributed by atoms with Gasteiger partial charge in [-0.15, -0.1) is 0 Å². The predicted octanol–water partition coefficient (Wildman–Crippen LogP) is 2.81. The van der Waals surface area contributed by atoms with Gasteiger partial charge in [-0.1, -0.05) is 18.2 Å². The lowest BCUT2D eigenvalue weighted by Crippen LogP contribution is -2.44. The second kappa shape index (κ2) is 12.3. The van der Waals surface area contributed by atoms with Crippen molar-refractivity contribution in [2.75, 3.05) is 75.1 Å². The maximum absolute atomic E-state index is 12.9. The molecule has 1 saturated heterocycles. The lowest BCUT2D eigenvalue weighted by atomic mass is 10.2. The maximum Gasteiger partial charge on any atom is 0.256 e. The van der Waals surface area contributed by atoms with E-state index in [2.05, 4.69) is 59.9 Å². The van der Waals surface area contributed by atoms with Gasteiger partial charge in [0, 0.05) is 56.4 Å². The summed E-state index contributed by atoms with van der Waals surface area (Å²) in [7, 11) is 2.15. The molecule has 0 spiro atoms. The zero-order chi connectivity index (χ0) is 26.2. The Morgan fingerprint density at radius 1 is 0.974 bits per heavy atom. The quantitative estimate of drug-likeness (QED) is 0.449. The number of anilines is 5. The summed E-state index contributed by atoms with van der Waals surface area (Å²) in [6.07, 6.45) is 5.19. The van der Waals surface area contributed by atoms with Crippen molar-refractivity contribution in [3.05, 3.63) is 66.4 Å². The number of likely N-dealkylation sites (N-methyl/N-ethyl adjacent to an activating group) is 1. The number of hydrogen-bond acceptors (Lipinski definition) is 10. The monoisotopic (exact) mass is 516 g/mol. The molecule has 38 heavy (non-hydrogen) atoms. The van der Waals surface area contributed by atoms with E-state index in [1.54, 1.807) is 12.1 Å². The molecule has 5 rings (SSSR count). The molecule has 0 radical (unpaired) electrons. The van der Waals surface area contributed by atoms with E-state index in [1.807, 2.05) is 30.4 Å². The highest BCUT2D eigenvalue weighted by molar-refractivity contribution is 5.99. The molecule has 2 aliphatic rings. The zero-order valence-corrected chi connectivity index (χ0v) is 21.4. The van der Waals surface area contributed by atoms with E-state index in [-0.39, 0.29) is 5.91 Å². The number of amides is 1. The van der Waals surface area contributed by atoms with Crippen LogP contribution in [0.4, 0.5) is 29.0 Å². The molecule has 3 N–H and O–H groups in total. The number of ether oxygens (including phenoxy) is 2. The van der Waals surface area contributed by atoms with Gasteiger partial charge >= 0.3 is 0 Å². The molecular formula is C27H32N8O3. The fourth-order valence-corrected chi connectivity index (χ4v) is 4.09. The molecular weight excluding hydrogens is 484 g/mol. The zero-order valence-electron chi connectivity index (χ0n) is 21.4. The summed E-state index contributed by atoms with van der Waals surface area (Å²) in [4.78, 5) is 31.1. The van der Waals surface area contributed by atoms with E-state index >= 15 is 0 Å². The summed E-state index contributed by atoms with van der Waals surface area (Å²) >= 11 is 0. The summed E-state index contributed by atoms with van der Waals surface area (Å²) < 4.78 is 11.2. The highest BCUT2D eigenvalue weighted by Crippen LogP contribution is 2.24. The molecule has 2 bridgehead atoms. The van der Waals surface area contributed by atoms with Gasteiger partial charge in [-0.3, -0.25) is 4.79 Å². The van der Waals surface area contributed by atoms with Crippen LogP contribution in [0.25, 0.3) is 0 Å². The first-order valence-electron chi connectivity index (χ1n) is 12.7. The minimum atomic E-state index is -0.305. The number of carbonyl (C=O) groups excluding carboxylic acids is 1. The molecule has 1 fully saturated rings. The van der Waals surface area contributed by atoms with Gasteiger partial charge < -0.3 is 35.2 Å². The number of piperazine rings is 1. The Bertz CT molecular complexity index is 1260. The SMILES string of the molecule is CN1CCN(c2ccc(Nc3ncc4c(n3)Nc3cccc(n3)OCCOC/C=C/CNC4=O)cc2)CC1. The van der Waals surface area contributed by atoms with E-state index in [0.717, 1.165) is 31.9 Å². The molecule has 1 aromatic carbocycles. The molecule has 3 aromatic rings. The van der Waals surface area contributed by atoms with Gasteiger partial charge in [-0.25, -0.2) is 4.98 Å². The van der Waals surface area contributed by atoms with Crippen LogP contribution in [0, 0.1) is 0 Å². The highest BCUT2D eigenvalue weighted by Gasteiger charge is 2.17. The number of carbonyl (C=O) groups is 1. The molecule has 2 aromatic heterocycles. The molecule has 0 unspecified atom stereocenters. The summed E-state index contributed by atoms with van der Waals surface area (Å²) in [5.74, 6) is 1.32. The van der Waals surface area contributed by atoms with Crippen molar-refractivity contribution >= 4 is 34.9 Å². The number of nitrogens with one attached hydrogen (secondary N) is 3. The Morgan fingerprint density at radius 3 is 2.66 bits per heavy atom. The molecule has 4 heterocycles. The van der Waals surface area contributed by atoms with Crippen LogP contribution in [0.15, 0.2) is 60.8 Å². The third-order valence-electron chi connectivity index (χ3n) is 6.23. The van der Waals surface area contributed by atoms with E-state index in [0.29, 0.717) is 55.4 Å². The molecule has 0 saturated carbocycles. The standard InChI is InChI=1S/C27H32N8O3/c1-34-12-14-35(15-13-34)21-9-7-20(8-10-21)30-27-29-19-22-25(33-27)32-23-5-4-6-24(31-23)38-18-17-37-16-3-2-11-28-26(22)36/h2-10,19H,11-18H2,1H3,(H,28,36)(H2,29,30,31,32,33)/b3-2+. The average molecular weight is 517 g/mol. The first kappa shape index (κ1) is 25.4. The fraction of sp³-hybridized carbons (Fsp3) is 0.333. The van der Waals surface area contributed by atoms with E-state index in [1.165, 1.54) is 11.9 Å². The summed E-state index contributed by atoms with van der Waals surface area (Å²) in [5, 5.41) is 9.26. The minimum Gasteiger partial charge on any atom is -0.475 e. The van der Waals surface area contributed by atoms with Crippen molar-refractivity contribution in [1.82, 2.24) is 25.2 Å². The van der Waals surface area contributed by atoms with Crippen LogP contribution in [0.1, 0.15) is 10.4 Å². The van der Waals surface area contributed by atoms with Gasteiger partial charge in [0.15, 0.2) is 0 Å². The molecule has 198 valence electrons. The average Bonchev–Trinajstić information content (AvgIpc) is 2.93. The molecule has 1 amide bonds. The van der Waals surface area contributed by atoms with Crippen molar-refractivity contribution in [2.45, 2.75) is 0 Å². The van der Waals surface area contributed by atoms with Crippen LogP contribution in [-0.4, -0.2) is 85.4 Å². The summed E-state index contributed by atoms with van der Waals surface area (Å²) in [6, 6.07) is 13.6. The van der Waals surface area contributed by atoms with Crippen molar-refractivity contribution < 1.29 is 14.3 Å². The Hall–Kier alpha value is -4.22. The van der Waals surface area contributed by atoms with Crippen LogP contribution in [0.2, 0.25) is 0 Å². The lowest BCUT2D eigenvalue weighted by molar-refractivity contribution is 0.0958. The molecule has 0 aliphatic carbocycles. The maximum atomic E-state index is 12.9. The second-order valence-corrected chi connectivity index (χ2v) is 9.01. The Kier molecular flexibility index (Phi) is 8.26. The van der Waals surface area contributed by atoms with Crippen molar-refractivity contribution in [1.29, 1.82) is 0 Å². The number of fused-ring (bicyclic) bond motifs is 3. The normalized spacial score (nSPS) is 17.9. The topological polar surface area (TPSA) is 117 Å². The smallest absolute Gasteiger partial charge is 0.256 e. The van der Waals surface area contributed by atoms with Gasteiger partial charge in [0.2, 0.25) is 11.8 Å². The van der Waals surface area contributed by atoms with E-state index in [9.17, 15) is 4.79 Å². The third kappa shape index (κ3) is 6.75. The van der Waals surface area contributed by atoms with Crippen molar-refractivity contribution in [2.24, 2.45) is 0 Å². The summed E-state index contributed by atoms with van der Waals surface area (Å²) in [6.45, 7) is 5.71. The number of hydrogen-bond donors (Lipinski definition) is 3. The number of benzene rings is 1. The molecule has 11 nitrogen and oxygen atoms in total. The van der Waals surface area contributed by atoms with E-state index in [4.69, 9.17) is 9.47 Å². The first-order valence-corrected chi connectivity index (χ1v) is 12.7. The first-order chi connectivity index (χ1) is 18.6. The highest BCUT2D eigenvalue weighted by atomic mass is 16.5. The molecule has 11 heteroatoms. The van der Waals surface area contributed by atoms with Crippen LogP contribution >= 0.6 is 0 Å². The number of aromatic nitrogens is 3. The van der Waals surface area contributed by atoms with Gasteiger partial charge in [0.05, 0.1) is 13.2 Å². The fourth-order valence-electron chi connectivity index (χ4n) is 4.09. The molecule has 0 atom stereocenters. The van der Waals surface area contributed by atoms with Crippen molar-refractivity contribution in [3.8, 4) is 5.88 Å². The Labute approximate surface area is 221 Å². The number of nitrogens with zero attached hydrogens (tertiary/aromatic N) is 5. The predicted molar refractivity (Wildman–Crippen MR) is 147 cm³/mol.